The molecule has 1 aromatic carbocycles. The van der Waals surface area contributed by atoms with Gasteiger partial charge in [0.1, 0.15) is 5.82 Å². The highest BCUT2D eigenvalue weighted by molar-refractivity contribution is 6.00. The maximum absolute atomic E-state index is 14.4. The molecule has 2 bridgehead atoms. The maximum Gasteiger partial charge on any atom is 0.332 e. The molecule has 5 aliphatic rings. The minimum atomic E-state index is -0.700. The van der Waals surface area contributed by atoms with Crippen molar-refractivity contribution in [3.05, 3.63) is 23.5 Å². The van der Waals surface area contributed by atoms with E-state index in [2.05, 4.69) is 13.8 Å². The average Bonchev–Trinajstić information content (AvgIpc) is 3.01. The van der Waals surface area contributed by atoms with E-state index in [9.17, 15) is 9.18 Å². The molecule has 6 rings (SSSR count). The molecule has 0 spiro atoms. The van der Waals surface area contributed by atoms with Crippen LogP contribution in [0.2, 0.25) is 0 Å². The molecule has 5 nitrogen and oxygen atoms in total. The minimum Gasteiger partial charge on any atom is -0.454 e. The highest BCUT2D eigenvalue weighted by atomic mass is 18.2. The van der Waals surface area contributed by atoms with Crippen LogP contribution in [0.25, 0.3) is 0 Å². The first kappa shape index (κ1) is 16.1. The zero-order valence-electron chi connectivity index (χ0n) is 15.2. The fourth-order valence-electron chi connectivity index (χ4n) is 5.22. The number of esters is 1. The number of hydrogen-bond acceptors (Lipinski definition) is 5. The SMILES string of the molecule is CC1(C)[C@@H]2CC3=N[C@@H](Cc4cc5c(cc4[18F])OCO5)C(=O)O[C@@]3(C)[C@H]1C2. The van der Waals surface area contributed by atoms with Gasteiger partial charge in [0.15, 0.2) is 23.1 Å². The van der Waals surface area contributed by atoms with Crippen molar-refractivity contribution in [1.29, 1.82) is 0 Å². The summed E-state index contributed by atoms with van der Waals surface area (Å²) < 4.78 is 30.8. The van der Waals surface area contributed by atoms with Gasteiger partial charge in [-0.15, -0.1) is 0 Å². The number of ether oxygens (including phenoxy) is 3. The van der Waals surface area contributed by atoms with Crippen LogP contribution in [0, 0.1) is 23.1 Å². The van der Waals surface area contributed by atoms with E-state index in [-0.39, 0.29) is 24.6 Å². The van der Waals surface area contributed by atoms with Crippen molar-refractivity contribution < 1.29 is 23.4 Å². The number of carbonyl (C=O) groups excluding carboxylic acids is 1. The molecule has 6 heteroatoms. The highest BCUT2D eigenvalue weighted by Gasteiger charge is 2.65. The largest absolute Gasteiger partial charge is 0.454 e. The lowest BCUT2D eigenvalue weighted by molar-refractivity contribution is -0.187. The van der Waals surface area contributed by atoms with Gasteiger partial charge in [0.2, 0.25) is 6.79 Å². The molecule has 0 radical (unpaired) electrons. The molecule has 0 unspecified atom stereocenters. The van der Waals surface area contributed by atoms with E-state index >= 15 is 0 Å². The molecule has 3 fully saturated rings. The smallest absolute Gasteiger partial charge is 0.332 e. The molecule has 2 aliphatic heterocycles. The van der Waals surface area contributed by atoms with Crippen LogP contribution in [-0.4, -0.2) is 30.1 Å². The lowest BCUT2D eigenvalue weighted by Crippen LogP contribution is -2.68. The van der Waals surface area contributed by atoms with Gasteiger partial charge in [-0.1, -0.05) is 13.8 Å². The number of benzene rings is 1. The number of rotatable bonds is 2. The second-order valence-electron chi connectivity index (χ2n) is 8.63. The average molecular weight is 358 g/mol. The van der Waals surface area contributed by atoms with E-state index in [1.165, 1.54) is 6.07 Å². The summed E-state index contributed by atoms with van der Waals surface area (Å²) in [6.07, 6.45) is 2.10. The van der Waals surface area contributed by atoms with Crippen molar-refractivity contribution in [3.63, 3.8) is 0 Å². The van der Waals surface area contributed by atoms with Crippen LogP contribution >= 0.6 is 0 Å². The zero-order chi connectivity index (χ0) is 18.3. The van der Waals surface area contributed by atoms with Crippen LogP contribution in [0.5, 0.6) is 11.5 Å². The Morgan fingerprint density at radius 3 is 2.69 bits per heavy atom. The van der Waals surface area contributed by atoms with Gasteiger partial charge in [0, 0.05) is 18.4 Å². The van der Waals surface area contributed by atoms with Crippen LogP contribution < -0.4 is 9.47 Å². The van der Waals surface area contributed by atoms with Crippen LogP contribution in [0.3, 0.4) is 0 Å². The Bertz CT molecular complexity index is 848. The fourth-order valence-corrected chi connectivity index (χ4v) is 5.22. The quantitative estimate of drug-likeness (QED) is 0.762. The van der Waals surface area contributed by atoms with Gasteiger partial charge in [-0.05, 0) is 42.7 Å². The maximum atomic E-state index is 14.4. The summed E-state index contributed by atoms with van der Waals surface area (Å²) >= 11 is 0. The van der Waals surface area contributed by atoms with Crippen molar-refractivity contribution in [2.75, 3.05) is 6.79 Å². The van der Waals surface area contributed by atoms with Crippen molar-refractivity contribution in [1.82, 2.24) is 0 Å². The summed E-state index contributed by atoms with van der Waals surface area (Å²) in [5.74, 6) is 1.01. The summed E-state index contributed by atoms with van der Waals surface area (Å²) in [5, 5.41) is 0. The van der Waals surface area contributed by atoms with Gasteiger partial charge in [-0.3, -0.25) is 4.99 Å². The number of hydrogen-bond donors (Lipinski definition) is 0. The van der Waals surface area contributed by atoms with E-state index < -0.39 is 17.5 Å². The minimum absolute atomic E-state index is 0.0862. The Hall–Kier alpha value is -2.11. The summed E-state index contributed by atoms with van der Waals surface area (Å²) in [6, 6.07) is 2.20. The van der Waals surface area contributed by atoms with Gasteiger partial charge in [0.25, 0.3) is 0 Å². The molecule has 0 amide bonds. The molecule has 0 aromatic heterocycles. The summed E-state index contributed by atoms with van der Waals surface area (Å²) in [7, 11) is 0. The number of carbonyl (C=O) groups is 1. The second-order valence-corrected chi connectivity index (χ2v) is 8.63. The molecule has 4 atom stereocenters. The van der Waals surface area contributed by atoms with E-state index in [0.717, 1.165) is 18.6 Å². The summed E-state index contributed by atoms with van der Waals surface area (Å²) in [6.45, 7) is 6.57. The molecule has 1 aromatic rings. The Kier molecular flexibility index (Phi) is 3.09. The summed E-state index contributed by atoms with van der Waals surface area (Å²) in [4.78, 5) is 17.4. The topological polar surface area (TPSA) is 57.1 Å². The highest BCUT2D eigenvalue weighted by Crippen LogP contribution is 2.63. The standard InChI is InChI=1S/C20H22FNO4/c1-19(2)11-6-16(19)20(3)17(7-11)22-13(18(23)26-20)4-10-5-14-15(8-12(10)21)25-9-24-14/h5,8,11,13,16H,4,6-7,9H2,1-3H3/t11-,13-,16-,20-/m0/s1/i21-1. The Labute approximate surface area is 151 Å². The van der Waals surface area contributed by atoms with Crippen LogP contribution in [0.15, 0.2) is 17.1 Å². The van der Waals surface area contributed by atoms with Crippen molar-refractivity contribution >= 4 is 11.7 Å². The Morgan fingerprint density at radius 2 is 1.96 bits per heavy atom. The van der Waals surface area contributed by atoms with Gasteiger partial charge in [-0.25, -0.2) is 9.18 Å². The van der Waals surface area contributed by atoms with E-state index in [1.807, 2.05) is 6.92 Å². The Balaban J connectivity index is 1.45. The van der Waals surface area contributed by atoms with Crippen molar-refractivity contribution in [2.24, 2.45) is 22.2 Å². The van der Waals surface area contributed by atoms with Crippen LogP contribution in [0.1, 0.15) is 39.2 Å². The predicted octanol–water partition coefficient (Wildman–Crippen LogP) is 3.29. The van der Waals surface area contributed by atoms with Gasteiger partial charge in [-0.2, -0.15) is 0 Å². The third kappa shape index (κ3) is 2.01. The van der Waals surface area contributed by atoms with E-state index in [1.54, 1.807) is 6.07 Å². The summed E-state index contributed by atoms with van der Waals surface area (Å²) in [5.41, 5.74) is 0.915. The van der Waals surface area contributed by atoms with Gasteiger partial charge < -0.3 is 14.2 Å². The third-order valence-electron chi connectivity index (χ3n) is 7.00. The molecule has 3 aliphatic carbocycles. The first-order chi connectivity index (χ1) is 12.3. The van der Waals surface area contributed by atoms with Gasteiger partial charge >= 0.3 is 5.97 Å². The predicted molar refractivity (Wildman–Crippen MR) is 91.9 cm³/mol. The molecule has 2 heterocycles. The second kappa shape index (κ2) is 4.99. The molecular formula is C20H22FNO4. The first-order valence-corrected chi connectivity index (χ1v) is 9.17. The van der Waals surface area contributed by atoms with E-state index in [0.29, 0.717) is 28.9 Å². The number of nitrogens with zero attached hydrogens (tertiary/aromatic N) is 1. The van der Waals surface area contributed by atoms with Gasteiger partial charge in [0.05, 0.1) is 5.71 Å². The Morgan fingerprint density at radius 1 is 1.23 bits per heavy atom. The van der Waals surface area contributed by atoms with Crippen molar-refractivity contribution in [3.8, 4) is 11.5 Å². The van der Waals surface area contributed by atoms with E-state index in [4.69, 9.17) is 19.2 Å². The first-order valence-electron chi connectivity index (χ1n) is 9.17. The normalized spacial score (nSPS) is 35.9. The molecule has 0 N–H and O–H groups in total. The molecule has 26 heavy (non-hydrogen) atoms. The monoisotopic (exact) mass is 358 g/mol. The van der Waals surface area contributed by atoms with Crippen LogP contribution in [-0.2, 0) is 16.0 Å². The number of halogens is 1. The molecule has 3 saturated carbocycles. The molecule has 138 valence electrons. The lowest BCUT2D eigenvalue weighted by atomic mass is 9.43. The number of fused-ring (bicyclic) bond motifs is 1. The molecular weight excluding hydrogens is 336 g/mol. The molecule has 0 saturated heterocycles. The zero-order valence-corrected chi connectivity index (χ0v) is 15.2. The third-order valence-corrected chi connectivity index (χ3v) is 7.00. The lowest BCUT2D eigenvalue weighted by Gasteiger charge is -2.64. The number of aliphatic imine (C=N–C) groups is 1. The van der Waals surface area contributed by atoms with Crippen LogP contribution in [0.4, 0.5) is 4.39 Å². The van der Waals surface area contributed by atoms with Crippen molar-refractivity contribution in [2.45, 2.75) is 51.7 Å². The fraction of sp³-hybridized carbons (Fsp3) is 0.600.